The van der Waals surface area contributed by atoms with Crippen LogP contribution in [0.25, 0.3) is 0 Å². The van der Waals surface area contributed by atoms with Crippen molar-refractivity contribution in [2.75, 3.05) is 30.8 Å². The van der Waals surface area contributed by atoms with Crippen LogP contribution in [0.4, 0.5) is 14.5 Å². The molecule has 0 spiro atoms. The third kappa shape index (κ3) is 7.62. The van der Waals surface area contributed by atoms with E-state index in [1.54, 1.807) is 16.4 Å². The molecule has 1 aliphatic carbocycles. The van der Waals surface area contributed by atoms with Gasteiger partial charge in [0, 0.05) is 48.9 Å². The first kappa shape index (κ1) is 33.2. The molecule has 2 saturated heterocycles. The molecule has 12 heteroatoms. The third-order valence-electron chi connectivity index (χ3n) is 9.51. The van der Waals surface area contributed by atoms with Crippen molar-refractivity contribution in [1.29, 1.82) is 0 Å². The normalized spacial score (nSPS) is 28.1. The van der Waals surface area contributed by atoms with Crippen LogP contribution in [-0.4, -0.2) is 68.3 Å². The summed E-state index contributed by atoms with van der Waals surface area (Å²) in [7, 11) is -3.38. The molecule has 2 aliphatic heterocycles. The van der Waals surface area contributed by atoms with Crippen LogP contribution in [0.15, 0.2) is 36.4 Å². The van der Waals surface area contributed by atoms with Gasteiger partial charge in [-0.15, -0.1) is 0 Å². The number of nitrogens with two attached hydrogens (primary N) is 1. The van der Waals surface area contributed by atoms with E-state index in [9.17, 15) is 17.6 Å². The van der Waals surface area contributed by atoms with Crippen LogP contribution >= 0.6 is 11.6 Å². The second-order valence-electron chi connectivity index (χ2n) is 12.3. The first-order valence-electron chi connectivity index (χ1n) is 15.7. The van der Waals surface area contributed by atoms with Crippen molar-refractivity contribution in [3.8, 4) is 0 Å². The molecule has 5 rings (SSSR count). The SMILES string of the molecule is CCOC1CCC([C@H](c2ccc(Cl)c(F)c2)[C@H](N)C(=O)Nc2cccc(F)c2CC[C@H]2CN[C@@H]3CCCS(=O)(=O)N2C3)CC1. The number of amides is 1. The Morgan fingerprint density at radius 3 is 2.66 bits per heavy atom. The number of piperazine rings is 1. The number of sulfonamides is 1. The van der Waals surface area contributed by atoms with Crippen molar-refractivity contribution in [3.63, 3.8) is 0 Å². The van der Waals surface area contributed by atoms with Gasteiger partial charge in [-0.2, -0.15) is 4.31 Å². The molecular weight excluding hydrogens is 610 g/mol. The summed E-state index contributed by atoms with van der Waals surface area (Å²) in [6.45, 7) is 3.51. The van der Waals surface area contributed by atoms with Gasteiger partial charge in [0.25, 0.3) is 0 Å². The van der Waals surface area contributed by atoms with Crippen molar-refractivity contribution in [1.82, 2.24) is 9.62 Å². The van der Waals surface area contributed by atoms with E-state index in [1.807, 2.05) is 6.92 Å². The molecule has 2 aromatic rings. The number of hydrogen-bond donors (Lipinski definition) is 3. The van der Waals surface area contributed by atoms with Gasteiger partial charge in [0.2, 0.25) is 15.9 Å². The van der Waals surface area contributed by atoms with Gasteiger partial charge in [0.05, 0.1) is 22.9 Å². The van der Waals surface area contributed by atoms with Crippen LogP contribution in [0.2, 0.25) is 5.02 Å². The summed E-state index contributed by atoms with van der Waals surface area (Å²) in [6, 6.07) is 7.81. The molecule has 1 amide bonds. The van der Waals surface area contributed by atoms with Crippen molar-refractivity contribution >= 4 is 33.2 Å². The second-order valence-corrected chi connectivity index (χ2v) is 14.7. The molecule has 2 heterocycles. The summed E-state index contributed by atoms with van der Waals surface area (Å²) >= 11 is 5.97. The molecule has 5 atom stereocenters. The van der Waals surface area contributed by atoms with Crippen molar-refractivity contribution in [2.24, 2.45) is 11.7 Å². The monoisotopic (exact) mass is 652 g/mol. The van der Waals surface area contributed by atoms with Crippen molar-refractivity contribution in [3.05, 3.63) is 64.2 Å². The Labute approximate surface area is 264 Å². The van der Waals surface area contributed by atoms with Gasteiger partial charge in [0.1, 0.15) is 11.6 Å². The fourth-order valence-electron chi connectivity index (χ4n) is 7.21. The van der Waals surface area contributed by atoms with Crippen molar-refractivity contribution < 1.29 is 26.7 Å². The van der Waals surface area contributed by atoms with E-state index in [1.165, 1.54) is 24.3 Å². The fourth-order valence-corrected chi connectivity index (χ4v) is 9.13. The van der Waals surface area contributed by atoms with Gasteiger partial charge in [-0.25, -0.2) is 17.2 Å². The van der Waals surface area contributed by atoms with E-state index in [0.29, 0.717) is 49.4 Å². The number of benzene rings is 2. The number of anilines is 1. The van der Waals surface area contributed by atoms with Gasteiger partial charge < -0.3 is 21.1 Å². The highest BCUT2D eigenvalue weighted by Gasteiger charge is 2.39. The Hall–Kier alpha value is -2.15. The molecular formula is C32H43ClF2N4O4S. The molecule has 3 fully saturated rings. The quantitative estimate of drug-likeness (QED) is 0.334. The smallest absolute Gasteiger partial charge is 0.241 e. The van der Waals surface area contributed by atoms with Gasteiger partial charge in [0.15, 0.2) is 0 Å². The van der Waals surface area contributed by atoms with E-state index < -0.39 is 39.5 Å². The lowest BCUT2D eigenvalue weighted by Gasteiger charge is -2.37. The van der Waals surface area contributed by atoms with Crippen LogP contribution < -0.4 is 16.4 Å². The predicted octanol–water partition coefficient (Wildman–Crippen LogP) is 4.96. The number of hydrogen-bond acceptors (Lipinski definition) is 6. The average molecular weight is 653 g/mol. The Kier molecular flexibility index (Phi) is 11.0. The highest BCUT2D eigenvalue weighted by molar-refractivity contribution is 7.89. The number of rotatable bonds is 10. The van der Waals surface area contributed by atoms with Gasteiger partial charge >= 0.3 is 0 Å². The zero-order valence-corrected chi connectivity index (χ0v) is 26.7. The molecule has 2 aromatic carbocycles. The Bertz CT molecular complexity index is 1420. The highest BCUT2D eigenvalue weighted by Crippen LogP contribution is 2.40. The Balaban J connectivity index is 1.33. The number of ether oxygens (including phenoxy) is 1. The number of carbonyl (C=O) groups excluding carboxylic acids is 1. The minimum absolute atomic E-state index is 0.00774. The highest BCUT2D eigenvalue weighted by atomic mass is 35.5. The molecule has 242 valence electrons. The Morgan fingerprint density at radius 2 is 1.93 bits per heavy atom. The van der Waals surface area contributed by atoms with E-state index in [0.717, 1.165) is 32.1 Å². The molecule has 1 unspecified atom stereocenters. The second kappa shape index (κ2) is 14.5. The molecule has 0 aromatic heterocycles. The summed E-state index contributed by atoms with van der Waals surface area (Å²) in [6.07, 6.45) is 5.36. The largest absolute Gasteiger partial charge is 0.379 e. The average Bonchev–Trinajstić information content (AvgIpc) is 3.11. The van der Waals surface area contributed by atoms with Gasteiger partial charge in [-0.3, -0.25) is 4.79 Å². The number of carbonyl (C=O) groups is 1. The van der Waals surface area contributed by atoms with Crippen LogP contribution in [0.5, 0.6) is 0 Å². The number of halogens is 3. The summed E-state index contributed by atoms with van der Waals surface area (Å²) < 4.78 is 63.0. The lowest BCUT2D eigenvalue weighted by molar-refractivity contribution is -0.118. The lowest BCUT2D eigenvalue weighted by atomic mass is 9.72. The molecule has 2 bridgehead atoms. The lowest BCUT2D eigenvalue weighted by Crippen LogP contribution is -2.57. The molecule has 0 radical (unpaired) electrons. The van der Waals surface area contributed by atoms with Gasteiger partial charge in [-0.05, 0) is 94.0 Å². The first-order chi connectivity index (χ1) is 21.1. The molecule has 8 nitrogen and oxygen atoms in total. The summed E-state index contributed by atoms with van der Waals surface area (Å²) in [5.74, 6) is -1.92. The maximum Gasteiger partial charge on any atom is 0.241 e. The van der Waals surface area contributed by atoms with Crippen LogP contribution in [0, 0.1) is 17.6 Å². The minimum atomic E-state index is -3.38. The van der Waals surface area contributed by atoms with E-state index in [4.69, 9.17) is 22.1 Å². The zero-order valence-electron chi connectivity index (χ0n) is 25.1. The summed E-state index contributed by atoms with van der Waals surface area (Å²) in [4.78, 5) is 13.7. The van der Waals surface area contributed by atoms with E-state index in [-0.39, 0.29) is 41.3 Å². The Morgan fingerprint density at radius 1 is 1.16 bits per heavy atom. The van der Waals surface area contributed by atoms with E-state index >= 15 is 4.39 Å². The van der Waals surface area contributed by atoms with Crippen molar-refractivity contribution in [2.45, 2.75) is 88.4 Å². The first-order valence-corrected chi connectivity index (χ1v) is 17.7. The van der Waals surface area contributed by atoms with E-state index in [2.05, 4.69) is 10.6 Å². The third-order valence-corrected chi connectivity index (χ3v) is 11.8. The van der Waals surface area contributed by atoms with Crippen LogP contribution in [0.3, 0.4) is 0 Å². The van der Waals surface area contributed by atoms with Crippen LogP contribution in [0.1, 0.15) is 68.9 Å². The standard InChI is InChI=1S/C32H43ClF2N4O4S/c1-2-43-24-12-8-20(9-13-24)30(21-10-15-26(33)28(35)17-21)31(36)32(40)38-29-7-3-6-27(34)25(29)14-11-23-18-37-22-5-4-16-44(41,42)39(23)19-22/h3,6-7,10,15,17,20,22-24,30-31,37H,2,4-5,8-9,11-14,16,18-19,36H2,1H3,(H,38,40)/t20?,22-,23+,24?,30-,31+/m1/s1. The predicted molar refractivity (Wildman–Crippen MR) is 168 cm³/mol. The fraction of sp³-hybridized carbons (Fsp3) is 0.594. The van der Waals surface area contributed by atoms with Gasteiger partial charge in [-0.1, -0.05) is 23.7 Å². The number of fused-ring (bicyclic) bond motifs is 2. The molecule has 4 N–H and O–H groups in total. The van der Waals surface area contributed by atoms with Crippen LogP contribution in [-0.2, 0) is 26.0 Å². The molecule has 3 aliphatic rings. The number of nitrogens with zero attached hydrogens (tertiary/aromatic N) is 1. The number of nitrogens with one attached hydrogen (secondary N) is 2. The zero-order chi connectivity index (χ0) is 31.4. The summed E-state index contributed by atoms with van der Waals surface area (Å²) in [5.41, 5.74) is 7.85. The molecule has 1 saturated carbocycles. The topological polar surface area (TPSA) is 114 Å². The molecule has 44 heavy (non-hydrogen) atoms. The summed E-state index contributed by atoms with van der Waals surface area (Å²) in [5, 5.41) is 6.29. The maximum absolute atomic E-state index is 15.2. The maximum atomic E-state index is 15.2. The minimum Gasteiger partial charge on any atom is -0.379 e.